The van der Waals surface area contributed by atoms with E-state index in [1.54, 1.807) is 6.08 Å². The predicted molar refractivity (Wildman–Crippen MR) is 82.1 cm³/mol. The first-order valence-corrected chi connectivity index (χ1v) is 6.20. The van der Waals surface area contributed by atoms with Gasteiger partial charge in [0.15, 0.2) is 0 Å². The molecule has 1 aromatic carbocycles. The Morgan fingerprint density at radius 1 is 1.21 bits per heavy atom. The van der Waals surface area contributed by atoms with Crippen LogP contribution in [0.5, 0.6) is 0 Å². The molecule has 0 spiro atoms. The molecule has 1 unspecified atom stereocenters. The van der Waals surface area contributed by atoms with Gasteiger partial charge in [-0.25, -0.2) is 0 Å². The third-order valence-electron chi connectivity index (χ3n) is 3.02. The van der Waals surface area contributed by atoms with Crippen LogP contribution in [0.4, 0.5) is 0 Å². The molecule has 1 aliphatic rings. The van der Waals surface area contributed by atoms with Crippen LogP contribution in [0, 0.1) is 0 Å². The highest BCUT2D eigenvalue weighted by atomic mass is 15.0. The molecule has 19 heavy (non-hydrogen) atoms. The summed E-state index contributed by atoms with van der Waals surface area (Å²) in [6.07, 6.45) is 9.30. The monoisotopic (exact) mass is 250 g/mol. The minimum atomic E-state index is -0.194. The third-order valence-corrected chi connectivity index (χ3v) is 3.02. The summed E-state index contributed by atoms with van der Waals surface area (Å²) in [5, 5.41) is 3.18. The Labute approximate surface area is 114 Å². The van der Waals surface area contributed by atoms with Crippen molar-refractivity contribution in [3.63, 3.8) is 0 Å². The molecule has 2 nitrogen and oxygen atoms in total. The van der Waals surface area contributed by atoms with Crippen molar-refractivity contribution in [2.45, 2.75) is 6.17 Å². The summed E-state index contributed by atoms with van der Waals surface area (Å²) in [5.41, 5.74) is 10.4. The fourth-order valence-corrected chi connectivity index (χ4v) is 2.04. The first-order valence-electron chi connectivity index (χ1n) is 6.20. The zero-order valence-electron chi connectivity index (χ0n) is 10.8. The summed E-state index contributed by atoms with van der Waals surface area (Å²) < 4.78 is 0. The molecule has 0 radical (unpaired) electrons. The lowest BCUT2D eigenvalue weighted by molar-refractivity contribution is 0.740. The van der Waals surface area contributed by atoms with Gasteiger partial charge in [-0.2, -0.15) is 0 Å². The molecule has 1 aromatic rings. The number of nitrogens with one attached hydrogen (secondary N) is 1. The quantitative estimate of drug-likeness (QED) is 0.806. The summed E-state index contributed by atoms with van der Waals surface area (Å²) in [4.78, 5) is 0. The normalized spacial score (nSPS) is 19.0. The number of hydrogen-bond donors (Lipinski definition) is 2. The van der Waals surface area contributed by atoms with Crippen LogP contribution < -0.4 is 11.1 Å². The van der Waals surface area contributed by atoms with Crippen LogP contribution in [0.2, 0.25) is 0 Å². The molecule has 0 fully saturated rings. The first kappa shape index (κ1) is 13.1. The molecule has 1 aliphatic heterocycles. The van der Waals surface area contributed by atoms with Gasteiger partial charge in [-0.05, 0) is 28.4 Å². The van der Waals surface area contributed by atoms with Crippen LogP contribution >= 0.6 is 0 Å². The van der Waals surface area contributed by atoms with Gasteiger partial charge in [-0.1, -0.05) is 61.7 Å². The van der Waals surface area contributed by atoms with Gasteiger partial charge < -0.3 is 11.1 Å². The summed E-state index contributed by atoms with van der Waals surface area (Å²) in [6, 6.07) is 10.1. The molecule has 1 atom stereocenters. The smallest absolute Gasteiger partial charge is 0.101 e. The van der Waals surface area contributed by atoms with Crippen molar-refractivity contribution in [3.05, 3.63) is 90.7 Å². The van der Waals surface area contributed by atoms with Gasteiger partial charge in [0.1, 0.15) is 6.17 Å². The fraction of sp³-hybridized carbons (Fsp3) is 0.0588. The summed E-state index contributed by atoms with van der Waals surface area (Å²) >= 11 is 0. The Bertz CT molecular complexity index is 562. The van der Waals surface area contributed by atoms with Gasteiger partial charge in [-0.15, -0.1) is 0 Å². The fourth-order valence-electron chi connectivity index (χ4n) is 2.04. The average molecular weight is 250 g/mol. The van der Waals surface area contributed by atoms with E-state index in [9.17, 15) is 0 Å². The number of benzene rings is 1. The number of hydrogen-bond acceptors (Lipinski definition) is 2. The van der Waals surface area contributed by atoms with Crippen molar-refractivity contribution in [2.75, 3.05) is 0 Å². The number of allylic oxidation sites excluding steroid dienone is 6. The molecular weight excluding hydrogens is 232 g/mol. The van der Waals surface area contributed by atoms with Gasteiger partial charge in [0.2, 0.25) is 0 Å². The van der Waals surface area contributed by atoms with Crippen LogP contribution in [0.1, 0.15) is 5.56 Å². The molecule has 0 saturated heterocycles. The Hall–Kier alpha value is -2.32. The van der Waals surface area contributed by atoms with E-state index in [1.165, 1.54) is 0 Å². The van der Waals surface area contributed by atoms with Gasteiger partial charge in [0, 0.05) is 6.20 Å². The maximum absolute atomic E-state index is 6.10. The number of rotatable bonds is 4. The van der Waals surface area contributed by atoms with Crippen LogP contribution in [-0.4, -0.2) is 6.17 Å². The van der Waals surface area contributed by atoms with Crippen LogP contribution in [-0.2, 0) is 0 Å². The van der Waals surface area contributed by atoms with E-state index in [1.807, 2.05) is 36.6 Å². The Kier molecular flexibility index (Phi) is 4.16. The lowest BCUT2D eigenvalue weighted by Gasteiger charge is -2.23. The SMILES string of the molecule is C=C/C=C(\C=C)C1=CNC(N)C(c2ccccc2)=C1. The van der Waals surface area contributed by atoms with E-state index in [2.05, 4.69) is 36.7 Å². The highest BCUT2D eigenvalue weighted by Gasteiger charge is 2.15. The molecule has 0 bridgehead atoms. The summed E-state index contributed by atoms with van der Waals surface area (Å²) in [5.74, 6) is 0. The molecule has 2 heteroatoms. The second kappa shape index (κ2) is 6.03. The van der Waals surface area contributed by atoms with E-state index >= 15 is 0 Å². The number of dihydropyridines is 1. The van der Waals surface area contributed by atoms with Gasteiger partial charge >= 0.3 is 0 Å². The molecule has 0 aromatic heterocycles. The average Bonchev–Trinajstić information content (AvgIpc) is 2.46. The highest BCUT2D eigenvalue weighted by molar-refractivity contribution is 5.75. The van der Waals surface area contributed by atoms with Gasteiger partial charge in [0.05, 0.1) is 0 Å². The van der Waals surface area contributed by atoms with E-state index in [-0.39, 0.29) is 6.17 Å². The third kappa shape index (κ3) is 2.92. The largest absolute Gasteiger partial charge is 0.372 e. The zero-order valence-corrected chi connectivity index (χ0v) is 10.8. The van der Waals surface area contributed by atoms with Crippen molar-refractivity contribution in [1.82, 2.24) is 5.32 Å². The lowest BCUT2D eigenvalue weighted by atomic mass is 9.95. The van der Waals surface area contributed by atoms with E-state index < -0.39 is 0 Å². The van der Waals surface area contributed by atoms with Crippen LogP contribution in [0.15, 0.2) is 85.1 Å². The lowest BCUT2D eigenvalue weighted by Crippen LogP contribution is -2.37. The standard InChI is InChI=1S/C17H18N2/c1-3-8-13(4-2)15-11-16(17(18)19-12-15)14-9-6-5-7-10-14/h3-12,17,19H,1-2,18H2/b13-8+. The molecule has 0 amide bonds. The van der Waals surface area contributed by atoms with E-state index in [0.717, 1.165) is 22.3 Å². The maximum Gasteiger partial charge on any atom is 0.101 e. The van der Waals surface area contributed by atoms with E-state index in [0.29, 0.717) is 0 Å². The van der Waals surface area contributed by atoms with Crippen molar-refractivity contribution in [2.24, 2.45) is 5.73 Å². The molecule has 3 N–H and O–H groups in total. The molecule has 0 aliphatic carbocycles. The molecule has 2 rings (SSSR count). The second-order valence-corrected chi connectivity index (χ2v) is 4.27. The minimum Gasteiger partial charge on any atom is -0.372 e. The summed E-state index contributed by atoms with van der Waals surface area (Å²) in [7, 11) is 0. The Morgan fingerprint density at radius 2 is 1.95 bits per heavy atom. The van der Waals surface area contributed by atoms with Crippen molar-refractivity contribution in [1.29, 1.82) is 0 Å². The number of nitrogens with two attached hydrogens (primary N) is 1. The van der Waals surface area contributed by atoms with Crippen LogP contribution in [0.3, 0.4) is 0 Å². The van der Waals surface area contributed by atoms with Crippen molar-refractivity contribution in [3.8, 4) is 0 Å². The van der Waals surface area contributed by atoms with Crippen molar-refractivity contribution < 1.29 is 0 Å². The van der Waals surface area contributed by atoms with Gasteiger partial charge in [0.25, 0.3) is 0 Å². The molecule has 1 heterocycles. The van der Waals surface area contributed by atoms with Gasteiger partial charge in [-0.3, -0.25) is 0 Å². The second-order valence-electron chi connectivity index (χ2n) is 4.27. The Balaban J connectivity index is 2.41. The first-order chi connectivity index (χ1) is 9.26. The van der Waals surface area contributed by atoms with Crippen LogP contribution in [0.25, 0.3) is 5.57 Å². The van der Waals surface area contributed by atoms with Crippen molar-refractivity contribution >= 4 is 5.57 Å². The molecular formula is C17H18N2. The molecule has 96 valence electrons. The maximum atomic E-state index is 6.10. The zero-order chi connectivity index (χ0) is 13.7. The van der Waals surface area contributed by atoms with E-state index in [4.69, 9.17) is 5.73 Å². The minimum absolute atomic E-state index is 0.194. The summed E-state index contributed by atoms with van der Waals surface area (Å²) in [6.45, 7) is 7.54. The molecule has 0 saturated carbocycles. The predicted octanol–water partition coefficient (Wildman–Crippen LogP) is 3.14. The highest BCUT2D eigenvalue weighted by Crippen LogP contribution is 2.25. The topological polar surface area (TPSA) is 38.0 Å². The Morgan fingerprint density at radius 3 is 2.58 bits per heavy atom.